The van der Waals surface area contributed by atoms with Crippen molar-refractivity contribution in [3.05, 3.63) is 0 Å². The fourth-order valence-corrected chi connectivity index (χ4v) is 3.36. The molecule has 2 amide bonds. The SMILES string of the molecule is CC1CN(C(=O)NCC2(CC(=O)O)CCC2)CC(C)N1C. The molecule has 2 aliphatic rings. The summed E-state index contributed by atoms with van der Waals surface area (Å²) in [6.45, 7) is 6.16. The standard InChI is InChI=1S/C15H27N3O3/c1-11-8-18(9-12(2)17(11)3)14(21)16-10-15(5-4-6-15)7-13(19)20/h11-12H,4-10H2,1-3H3,(H,16,21)(H,19,20). The van der Waals surface area contributed by atoms with Crippen LogP contribution in [0.5, 0.6) is 0 Å². The Kier molecular flexibility index (Phi) is 4.76. The van der Waals surface area contributed by atoms with E-state index in [4.69, 9.17) is 5.11 Å². The molecule has 0 spiro atoms. The van der Waals surface area contributed by atoms with Crippen molar-refractivity contribution in [2.75, 3.05) is 26.7 Å². The van der Waals surface area contributed by atoms with E-state index in [0.717, 1.165) is 32.4 Å². The fraction of sp³-hybridized carbons (Fsp3) is 0.867. The van der Waals surface area contributed by atoms with Crippen molar-refractivity contribution in [2.45, 2.75) is 51.6 Å². The second kappa shape index (κ2) is 6.22. The number of carbonyl (C=O) groups excluding carboxylic acids is 1. The Balaban J connectivity index is 1.85. The van der Waals surface area contributed by atoms with E-state index in [2.05, 4.69) is 31.1 Å². The van der Waals surface area contributed by atoms with Crippen LogP contribution in [-0.2, 0) is 4.79 Å². The highest BCUT2D eigenvalue weighted by atomic mass is 16.4. The van der Waals surface area contributed by atoms with Gasteiger partial charge in [-0.15, -0.1) is 0 Å². The van der Waals surface area contributed by atoms with E-state index in [0.29, 0.717) is 18.6 Å². The number of likely N-dealkylation sites (N-methyl/N-ethyl adjacent to an activating group) is 1. The number of nitrogens with zero attached hydrogens (tertiary/aromatic N) is 2. The summed E-state index contributed by atoms with van der Waals surface area (Å²) in [5, 5.41) is 12.0. The highest BCUT2D eigenvalue weighted by Crippen LogP contribution is 2.43. The number of carbonyl (C=O) groups is 2. The number of piperazine rings is 1. The molecule has 0 bridgehead atoms. The van der Waals surface area contributed by atoms with E-state index in [1.807, 2.05) is 4.90 Å². The smallest absolute Gasteiger partial charge is 0.317 e. The van der Waals surface area contributed by atoms with Crippen molar-refractivity contribution in [1.82, 2.24) is 15.1 Å². The number of aliphatic carboxylic acids is 1. The third-order valence-corrected chi connectivity index (χ3v) is 5.20. The van der Waals surface area contributed by atoms with Crippen LogP contribution < -0.4 is 5.32 Å². The van der Waals surface area contributed by atoms with Crippen LogP contribution in [0, 0.1) is 5.41 Å². The van der Waals surface area contributed by atoms with E-state index in [1.54, 1.807) is 0 Å². The van der Waals surface area contributed by atoms with Gasteiger partial charge in [0.25, 0.3) is 0 Å². The van der Waals surface area contributed by atoms with Gasteiger partial charge in [0.15, 0.2) is 0 Å². The van der Waals surface area contributed by atoms with Crippen molar-refractivity contribution < 1.29 is 14.7 Å². The second-order valence-electron chi connectivity index (χ2n) is 6.85. The highest BCUT2D eigenvalue weighted by Gasteiger charge is 2.40. The molecular weight excluding hydrogens is 270 g/mol. The molecule has 2 atom stereocenters. The molecule has 21 heavy (non-hydrogen) atoms. The van der Waals surface area contributed by atoms with Crippen molar-refractivity contribution in [3.63, 3.8) is 0 Å². The van der Waals surface area contributed by atoms with Gasteiger partial charge in [-0.3, -0.25) is 9.69 Å². The lowest BCUT2D eigenvalue weighted by Gasteiger charge is -2.44. The zero-order valence-electron chi connectivity index (χ0n) is 13.3. The van der Waals surface area contributed by atoms with Gasteiger partial charge in [-0.05, 0) is 39.2 Å². The molecule has 0 radical (unpaired) electrons. The normalized spacial score (nSPS) is 28.8. The molecule has 0 aromatic carbocycles. The van der Waals surface area contributed by atoms with Crippen LogP contribution in [0.15, 0.2) is 0 Å². The Morgan fingerprint density at radius 2 is 1.81 bits per heavy atom. The van der Waals surface area contributed by atoms with Gasteiger partial charge in [0, 0.05) is 31.7 Å². The predicted octanol–water partition coefficient (Wildman–Crippen LogP) is 1.37. The molecule has 1 heterocycles. The maximum atomic E-state index is 12.3. The summed E-state index contributed by atoms with van der Waals surface area (Å²) in [6.07, 6.45) is 3.01. The lowest BCUT2D eigenvalue weighted by molar-refractivity contribution is -0.141. The molecule has 0 aromatic heterocycles. The number of amides is 2. The van der Waals surface area contributed by atoms with Crippen LogP contribution in [0.3, 0.4) is 0 Å². The molecule has 6 heteroatoms. The zero-order chi connectivity index (χ0) is 15.6. The minimum Gasteiger partial charge on any atom is -0.481 e. The highest BCUT2D eigenvalue weighted by molar-refractivity contribution is 5.74. The number of carboxylic acid groups (broad SMARTS) is 1. The van der Waals surface area contributed by atoms with E-state index in [1.165, 1.54) is 0 Å². The van der Waals surface area contributed by atoms with Crippen LogP contribution in [0.1, 0.15) is 39.5 Å². The first-order valence-corrected chi connectivity index (χ1v) is 7.79. The van der Waals surface area contributed by atoms with Crippen LogP contribution >= 0.6 is 0 Å². The van der Waals surface area contributed by atoms with E-state index < -0.39 is 5.97 Å². The van der Waals surface area contributed by atoms with E-state index in [-0.39, 0.29) is 17.9 Å². The predicted molar refractivity (Wildman–Crippen MR) is 80.2 cm³/mol. The van der Waals surface area contributed by atoms with Gasteiger partial charge >= 0.3 is 12.0 Å². The Hall–Kier alpha value is -1.30. The van der Waals surface area contributed by atoms with Crippen molar-refractivity contribution in [2.24, 2.45) is 5.41 Å². The molecule has 2 unspecified atom stereocenters. The number of nitrogens with one attached hydrogen (secondary N) is 1. The van der Waals surface area contributed by atoms with Gasteiger partial charge in [-0.2, -0.15) is 0 Å². The third-order valence-electron chi connectivity index (χ3n) is 5.20. The summed E-state index contributed by atoms with van der Waals surface area (Å²) in [7, 11) is 2.08. The molecule has 2 N–H and O–H groups in total. The zero-order valence-corrected chi connectivity index (χ0v) is 13.3. The minimum atomic E-state index is -0.772. The van der Waals surface area contributed by atoms with E-state index >= 15 is 0 Å². The van der Waals surface area contributed by atoms with Crippen LogP contribution in [-0.4, -0.2) is 65.7 Å². The fourth-order valence-electron chi connectivity index (χ4n) is 3.36. The maximum Gasteiger partial charge on any atom is 0.317 e. The first-order valence-electron chi connectivity index (χ1n) is 7.79. The number of rotatable bonds is 4. The van der Waals surface area contributed by atoms with Crippen molar-refractivity contribution >= 4 is 12.0 Å². The summed E-state index contributed by atoms with van der Waals surface area (Å²) >= 11 is 0. The Morgan fingerprint density at radius 3 is 2.24 bits per heavy atom. The second-order valence-corrected chi connectivity index (χ2v) is 6.85. The molecule has 0 aromatic rings. The number of hydrogen-bond acceptors (Lipinski definition) is 3. The summed E-state index contributed by atoms with van der Waals surface area (Å²) < 4.78 is 0. The quantitative estimate of drug-likeness (QED) is 0.822. The van der Waals surface area contributed by atoms with Crippen LogP contribution in [0.2, 0.25) is 0 Å². The molecule has 1 saturated carbocycles. The lowest BCUT2D eigenvalue weighted by Crippen LogP contribution is -2.59. The Morgan fingerprint density at radius 1 is 1.24 bits per heavy atom. The van der Waals surface area contributed by atoms with Crippen molar-refractivity contribution in [1.29, 1.82) is 0 Å². The molecule has 6 nitrogen and oxygen atoms in total. The lowest BCUT2D eigenvalue weighted by atomic mass is 9.66. The number of urea groups is 1. The molecule has 1 saturated heterocycles. The number of carboxylic acids is 1. The molecule has 2 fully saturated rings. The van der Waals surface area contributed by atoms with Gasteiger partial charge in [-0.25, -0.2) is 4.79 Å². The van der Waals surface area contributed by atoms with Gasteiger partial charge in [-0.1, -0.05) is 6.42 Å². The monoisotopic (exact) mass is 297 g/mol. The summed E-state index contributed by atoms with van der Waals surface area (Å²) in [5.41, 5.74) is -0.217. The van der Waals surface area contributed by atoms with Crippen LogP contribution in [0.25, 0.3) is 0 Å². The van der Waals surface area contributed by atoms with Gasteiger partial charge in [0.05, 0.1) is 6.42 Å². The minimum absolute atomic E-state index is 0.0570. The van der Waals surface area contributed by atoms with Crippen molar-refractivity contribution in [3.8, 4) is 0 Å². The topological polar surface area (TPSA) is 72.9 Å². The molecule has 120 valence electrons. The van der Waals surface area contributed by atoms with Crippen LogP contribution in [0.4, 0.5) is 4.79 Å². The molecular formula is C15H27N3O3. The molecule has 2 rings (SSSR count). The maximum absolute atomic E-state index is 12.3. The van der Waals surface area contributed by atoms with Gasteiger partial charge in [0.1, 0.15) is 0 Å². The van der Waals surface area contributed by atoms with Gasteiger partial charge < -0.3 is 15.3 Å². The summed E-state index contributed by atoms with van der Waals surface area (Å²) in [5.74, 6) is -0.772. The first kappa shape index (κ1) is 16.1. The average molecular weight is 297 g/mol. The summed E-state index contributed by atoms with van der Waals surface area (Å²) in [4.78, 5) is 27.4. The Bertz CT molecular complexity index is 397. The largest absolute Gasteiger partial charge is 0.481 e. The molecule has 1 aliphatic heterocycles. The Labute approximate surface area is 126 Å². The third kappa shape index (κ3) is 3.67. The first-order chi connectivity index (χ1) is 9.83. The molecule has 1 aliphatic carbocycles. The summed E-state index contributed by atoms with van der Waals surface area (Å²) in [6, 6.07) is 0.630. The number of hydrogen-bond donors (Lipinski definition) is 2. The average Bonchev–Trinajstić information content (AvgIpc) is 2.37. The van der Waals surface area contributed by atoms with Gasteiger partial charge in [0.2, 0.25) is 0 Å². The van der Waals surface area contributed by atoms with E-state index in [9.17, 15) is 9.59 Å².